The van der Waals surface area contributed by atoms with Gasteiger partial charge in [0, 0.05) is 32.4 Å². The molecule has 0 atom stereocenters. The average Bonchev–Trinajstić information content (AvgIpc) is 2.82. The van der Waals surface area contributed by atoms with Crippen molar-refractivity contribution in [3.05, 3.63) is 42.2 Å². The van der Waals surface area contributed by atoms with Gasteiger partial charge in [-0.15, -0.1) is 13.2 Å². The largest absolute Gasteiger partial charge is 0.573 e. The molecule has 0 saturated heterocycles. The molecule has 0 bridgehead atoms. The van der Waals surface area contributed by atoms with Gasteiger partial charge in [0.15, 0.2) is 0 Å². The summed E-state index contributed by atoms with van der Waals surface area (Å²) in [6, 6.07) is 4.61. The summed E-state index contributed by atoms with van der Waals surface area (Å²) in [7, 11) is -1.22. The lowest BCUT2D eigenvalue weighted by Gasteiger charge is -2.19. The maximum atomic E-state index is 12.5. The molecule has 0 aliphatic carbocycles. The molecule has 0 aliphatic rings. The minimum atomic E-state index is -4.98. The van der Waals surface area contributed by atoms with Crippen molar-refractivity contribution in [1.29, 1.82) is 0 Å². The number of hydrogen-bond acceptors (Lipinski definition) is 4. The minimum Gasteiger partial charge on any atom is -0.404 e. The standard InChI is InChI=1S/C13H14F3N3O3S/c1-18-8-10(7-17-18)9-19(2)23(20,21)12-6-4-3-5-11(12)22-13(14,15)16/h3-8H,9H2,1-2H3. The lowest BCUT2D eigenvalue weighted by atomic mass is 10.3. The number of benzene rings is 1. The first-order valence-corrected chi connectivity index (χ1v) is 7.82. The summed E-state index contributed by atoms with van der Waals surface area (Å²) in [5.41, 5.74) is 0.604. The Balaban J connectivity index is 2.32. The number of sulfonamides is 1. The molecule has 1 aromatic carbocycles. The van der Waals surface area contributed by atoms with E-state index < -0.39 is 27.0 Å². The van der Waals surface area contributed by atoms with Crippen molar-refractivity contribution in [3.8, 4) is 5.75 Å². The Morgan fingerprint density at radius 3 is 2.52 bits per heavy atom. The molecule has 0 spiro atoms. The molecule has 0 amide bonds. The highest BCUT2D eigenvalue weighted by Crippen LogP contribution is 2.31. The van der Waals surface area contributed by atoms with E-state index in [1.165, 1.54) is 30.1 Å². The fourth-order valence-corrected chi connectivity index (χ4v) is 3.21. The molecule has 2 rings (SSSR count). The van der Waals surface area contributed by atoms with Crippen LogP contribution in [0.5, 0.6) is 5.75 Å². The highest BCUT2D eigenvalue weighted by molar-refractivity contribution is 7.89. The van der Waals surface area contributed by atoms with E-state index in [-0.39, 0.29) is 6.54 Å². The molecular weight excluding hydrogens is 335 g/mol. The normalized spacial score (nSPS) is 12.6. The van der Waals surface area contributed by atoms with Crippen molar-refractivity contribution in [2.24, 2.45) is 7.05 Å². The number of rotatable bonds is 5. The summed E-state index contributed by atoms with van der Waals surface area (Å²) in [6.45, 7) is -0.0312. The molecule has 0 unspecified atom stereocenters. The third kappa shape index (κ3) is 4.23. The van der Waals surface area contributed by atoms with Crippen LogP contribution in [0.3, 0.4) is 0 Å². The van der Waals surface area contributed by atoms with Gasteiger partial charge in [0.05, 0.1) is 6.20 Å². The number of ether oxygens (including phenoxy) is 1. The van der Waals surface area contributed by atoms with Gasteiger partial charge < -0.3 is 4.74 Å². The number of aryl methyl sites for hydroxylation is 1. The maximum absolute atomic E-state index is 12.5. The Bertz CT molecular complexity index is 787. The number of aromatic nitrogens is 2. The first-order valence-electron chi connectivity index (χ1n) is 6.38. The molecular formula is C13H14F3N3O3S. The Kier molecular flexibility index (Phi) is 4.66. The van der Waals surface area contributed by atoms with Crippen molar-refractivity contribution in [2.45, 2.75) is 17.8 Å². The summed E-state index contributed by atoms with van der Waals surface area (Å²) in [4.78, 5) is -0.552. The average molecular weight is 349 g/mol. The maximum Gasteiger partial charge on any atom is 0.573 e. The van der Waals surface area contributed by atoms with Crippen molar-refractivity contribution in [2.75, 3.05) is 7.05 Å². The summed E-state index contributed by atoms with van der Waals surface area (Å²) >= 11 is 0. The van der Waals surface area contributed by atoms with E-state index in [0.29, 0.717) is 5.56 Å². The smallest absolute Gasteiger partial charge is 0.404 e. The molecule has 6 nitrogen and oxygen atoms in total. The van der Waals surface area contributed by atoms with E-state index in [0.717, 1.165) is 16.4 Å². The topological polar surface area (TPSA) is 64.4 Å². The number of hydrogen-bond donors (Lipinski definition) is 0. The zero-order chi connectivity index (χ0) is 17.3. The van der Waals surface area contributed by atoms with Crippen LogP contribution < -0.4 is 4.74 Å². The molecule has 10 heteroatoms. The van der Waals surface area contributed by atoms with Gasteiger partial charge in [-0.1, -0.05) is 12.1 Å². The van der Waals surface area contributed by atoms with E-state index >= 15 is 0 Å². The van der Waals surface area contributed by atoms with Crippen LogP contribution in [-0.2, 0) is 23.6 Å². The zero-order valence-electron chi connectivity index (χ0n) is 12.3. The van der Waals surface area contributed by atoms with E-state index in [2.05, 4.69) is 9.84 Å². The first-order chi connectivity index (χ1) is 10.6. The van der Waals surface area contributed by atoms with Gasteiger partial charge in [-0.2, -0.15) is 9.40 Å². The SMILES string of the molecule is CN(Cc1cnn(C)c1)S(=O)(=O)c1ccccc1OC(F)(F)F. The lowest BCUT2D eigenvalue weighted by Crippen LogP contribution is -2.28. The van der Waals surface area contributed by atoms with E-state index in [9.17, 15) is 21.6 Å². The highest BCUT2D eigenvalue weighted by atomic mass is 32.2. The van der Waals surface area contributed by atoms with Gasteiger partial charge in [-0.25, -0.2) is 8.42 Å². The van der Waals surface area contributed by atoms with Gasteiger partial charge >= 0.3 is 6.36 Å². The molecule has 0 saturated carbocycles. The number of nitrogens with zero attached hydrogens (tertiary/aromatic N) is 3. The molecule has 0 fully saturated rings. The second-order valence-electron chi connectivity index (χ2n) is 4.78. The predicted molar refractivity (Wildman–Crippen MR) is 75.0 cm³/mol. The number of alkyl halides is 3. The summed E-state index contributed by atoms with van der Waals surface area (Å²) < 4.78 is 68.5. The third-order valence-electron chi connectivity index (χ3n) is 2.93. The zero-order valence-corrected chi connectivity index (χ0v) is 13.1. The van der Waals surface area contributed by atoms with Crippen molar-refractivity contribution >= 4 is 10.0 Å². The fraction of sp³-hybridized carbons (Fsp3) is 0.308. The molecule has 0 aliphatic heterocycles. The van der Waals surface area contributed by atoms with Crippen LogP contribution >= 0.6 is 0 Å². The van der Waals surface area contributed by atoms with Gasteiger partial charge in [0.1, 0.15) is 10.6 Å². The van der Waals surface area contributed by atoms with Crippen LogP contribution in [0.15, 0.2) is 41.6 Å². The molecule has 2 aromatic rings. The second kappa shape index (κ2) is 6.20. The monoisotopic (exact) mass is 349 g/mol. The Hall–Kier alpha value is -2.07. The van der Waals surface area contributed by atoms with Crippen LogP contribution in [0.2, 0.25) is 0 Å². The number of halogens is 3. The molecule has 0 radical (unpaired) electrons. The summed E-state index contributed by atoms with van der Waals surface area (Å²) in [5.74, 6) is -0.766. The van der Waals surface area contributed by atoms with Crippen LogP contribution in [0.4, 0.5) is 13.2 Å². The van der Waals surface area contributed by atoms with Gasteiger partial charge in [0.25, 0.3) is 0 Å². The molecule has 0 N–H and O–H groups in total. The van der Waals surface area contributed by atoms with Crippen molar-refractivity contribution in [3.63, 3.8) is 0 Å². The summed E-state index contributed by atoms with van der Waals surface area (Å²) in [6.07, 6.45) is -1.89. The number of para-hydroxylation sites is 1. The molecule has 23 heavy (non-hydrogen) atoms. The van der Waals surface area contributed by atoms with Crippen molar-refractivity contribution < 1.29 is 26.3 Å². The quantitative estimate of drug-likeness (QED) is 0.830. The van der Waals surface area contributed by atoms with Gasteiger partial charge in [-0.3, -0.25) is 4.68 Å². The van der Waals surface area contributed by atoms with E-state index in [1.54, 1.807) is 13.2 Å². The van der Waals surface area contributed by atoms with Crippen LogP contribution in [0.25, 0.3) is 0 Å². The minimum absolute atomic E-state index is 0.0312. The van der Waals surface area contributed by atoms with Crippen LogP contribution in [0, 0.1) is 0 Å². The van der Waals surface area contributed by atoms with Crippen LogP contribution in [0.1, 0.15) is 5.56 Å². The van der Waals surface area contributed by atoms with Crippen LogP contribution in [-0.4, -0.2) is 35.9 Å². The summed E-state index contributed by atoms with van der Waals surface area (Å²) in [5, 5.41) is 3.91. The Morgan fingerprint density at radius 2 is 1.96 bits per heavy atom. The molecule has 126 valence electrons. The third-order valence-corrected chi connectivity index (χ3v) is 4.77. The fourth-order valence-electron chi connectivity index (χ4n) is 1.94. The molecule has 1 aromatic heterocycles. The lowest BCUT2D eigenvalue weighted by molar-refractivity contribution is -0.275. The molecule has 1 heterocycles. The second-order valence-corrected chi connectivity index (χ2v) is 6.79. The van der Waals surface area contributed by atoms with E-state index in [4.69, 9.17) is 0 Å². The van der Waals surface area contributed by atoms with Gasteiger partial charge in [0.2, 0.25) is 10.0 Å². The highest BCUT2D eigenvalue weighted by Gasteiger charge is 2.34. The predicted octanol–water partition coefficient (Wildman–Crippen LogP) is 2.14. The van der Waals surface area contributed by atoms with Gasteiger partial charge in [-0.05, 0) is 12.1 Å². The van der Waals surface area contributed by atoms with E-state index in [1.807, 2.05) is 0 Å². The Morgan fingerprint density at radius 1 is 1.30 bits per heavy atom. The first kappa shape index (κ1) is 17.3. The Labute approximate surface area is 131 Å². The van der Waals surface area contributed by atoms with Crippen molar-refractivity contribution in [1.82, 2.24) is 14.1 Å².